The van der Waals surface area contributed by atoms with E-state index < -0.39 is 36.2 Å². The van der Waals surface area contributed by atoms with E-state index in [4.69, 9.17) is 9.84 Å². The number of hydrogen-bond donors (Lipinski definition) is 4. The van der Waals surface area contributed by atoms with Crippen LogP contribution in [0.25, 0.3) is 11.1 Å². The number of rotatable bonds is 9. The number of carbonyl (C=O) groups is 3. The number of aliphatic hydroxyl groups excluding tert-OH is 1. The Labute approximate surface area is 186 Å². The largest absolute Gasteiger partial charge is 0.480 e. The molecule has 2 aromatic carbocycles. The lowest BCUT2D eigenvalue weighted by molar-refractivity contribution is -0.144. The number of nitrogens with one attached hydrogen (secondary N) is 2. The molecule has 3 rings (SSSR count). The molecule has 8 nitrogen and oxygen atoms in total. The molecular weight excluding hydrogens is 412 g/mol. The van der Waals surface area contributed by atoms with Gasteiger partial charge in [-0.3, -0.25) is 4.79 Å². The number of aliphatic carboxylic acids is 1. The molecular formula is C24H28N2O6. The first kappa shape index (κ1) is 23.3. The van der Waals surface area contributed by atoms with E-state index in [9.17, 15) is 19.5 Å². The lowest BCUT2D eigenvalue weighted by atomic mass is 9.98. The van der Waals surface area contributed by atoms with Crippen LogP contribution in [0.15, 0.2) is 48.5 Å². The van der Waals surface area contributed by atoms with E-state index in [-0.39, 0.29) is 18.9 Å². The minimum Gasteiger partial charge on any atom is -0.480 e. The summed E-state index contributed by atoms with van der Waals surface area (Å²) in [7, 11) is 0. The van der Waals surface area contributed by atoms with E-state index in [2.05, 4.69) is 22.8 Å². The number of aliphatic hydroxyl groups is 1. The summed E-state index contributed by atoms with van der Waals surface area (Å²) in [5.74, 6) is -1.98. The van der Waals surface area contributed by atoms with Crippen molar-refractivity contribution in [2.45, 2.75) is 50.8 Å². The Morgan fingerprint density at radius 3 is 2.06 bits per heavy atom. The summed E-state index contributed by atoms with van der Waals surface area (Å²) >= 11 is 0. The molecule has 0 saturated heterocycles. The first-order chi connectivity index (χ1) is 15.3. The van der Waals surface area contributed by atoms with Gasteiger partial charge >= 0.3 is 12.1 Å². The van der Waals surface area contributed by atoms with Crippen LogP contribution in [-0.2, 0) is 14.3 Å². The van der Waals surface area contributed by atoms with Gasteiger partial charge in [0.2, 0.25) is 5.91 Å². The van der Waals surface area contributed by atoms with Crippen LogP contribution < -0.4 is 10.6 Å². The fraction of sp³-hybridized carbons (Fsp3) is 0.375. The Bertz CT molecular complexity index is 944. The predicted octanol–water partition coefficient (Wildman–Crippen LogP) is 2.64. The van der Waals surface area contributed by atoms with Crippen LogP contribution in [0.3, 0.4) is 0 Å². The molecule has 0 spiro atoms. The Morgan fingerprint density at radius 1 is 1.00 bits per heavy atom. The highest BCUT2D eigenvalue weighted by Gasteiger charge is 2.30. The molecule has 1 aliphatic rings. The second-order valence-corrected chi connectivity index (χ2v) is 7.90. The third-order valence-electron chi connectivity index (χ3n) is 5.66. The second-order valence-electron chi connectivity index (χ2n) is 7.90. The van der Waals surface area contributed by atoms with Crippen LogP contribution >= 0.6 is 0 Å². The second kappa shape index (κ2) is 10.3. The number of carbonyl (C=O) groups excluding carboxylic acids is 2. The fourth-order valence-corrected chi connectivity index (χ4v) is 3.95. The third kappa shape index (κ3) is 5.26. The highest BCUT2D eigenvalue weighted by atomic mass is 16.5. The van der Waals surface area contributed by atoms with Crippen molar-refractivity contribution in [2.75, 3.05) is 6.61 Å². The zero-order valence-electron chi connectivity index (χ0n) is 18.1. The van der Waals surface area contributed by atoms with Gasteiger partial charge in [0.15, 0.2) is 6.04 Å². The summed E-state index contributed by atoms with van der Waals surface area (Å²) in [5.41, 5.74) is 4.47. The highest BCUT2D eigenvalue weighted by Crippen LogP contribution is 2.44. The number of amides is 2. The Hall–Kier alpha value is -3.39. The first-order valence-electron chi connectivity index (χ1n) is 10.6. The molecule has 0 unspecified atom stereocenters. The molecule has 3 atom stereocenters. The van der Waals surface area contributed by atoms with Crippen LogP contribution in [-0.4, -0.2) is 53.0 Å². The molecule has 0 bridgehead atoms. The van der Waals surface area contributed by atoms with Crippen molar-refractivity contribution in [3.8, 4) is 11.1 Å². The number of hydrogen-bond acceptors (Lipinski definition) is 5. The quantitative estimate of drug-likeness (QED) is 0.475. The van der Waals surface area contributed by atoms with Gasteiger partial charge in [-0.25, -0.2) is 9.59 Å². The number of fused-ring (bicyclic) bond motifs is 3. The molecule has 32 heavy (non-hydrogen) atoms. The molecule has 2 aromatic rings. The monoisotopic (exact) mass is 440 g/mol. The molecule has 0 radical (unpaired) electrons. The minimum absolute atomic E-state index is 0.0705. The van der Waals surface area contributed by atoms with Crippen LogP contribution in [0, 0.1) is 0 Å². The molecule has 0 heterocycles. The molecule has 0 aliphatic heterocycles. The fourth-order valence-electron chi connectivity index (χ4n) is 3.95. The maximum Gasteiger partial charge on any atom is 0.407 e. The van der Waals surface area contributed by atoms with Gasteiger partial charge in [-0.2, -0.15) is 0 Å². The molecule has 4 N–H and O–H groups in total. The number of alkyl carbamates (subject to hydrolysis) is 1. The Balaban J connectivity index is 1.57. The van der Waals surface area contributed by atoms with Crippen molar-refractivity contribution >= 4 is 18.0 Å². The van der Waals surface area contributed by atoms with Gasteiger partial charge in [0.1, 0.15) is 6.61 Å². The van der Waals surface area contributed by atoms with Crippen molar-refractivity contribution in [1.29, 1.82) is 0 Å². The molecule has 0 fully saturated rings. The summed E-state index contributed by atoms with van der Waals surface area (Å²) < 4.78 is 5.50. The van der Waals surface area contributed by atoms with Gasteiger partial charge in [-0.1, -0.05) is 55.5 Å². The van der Waals surface area contributed by atoms with Crippen LogP contribution in [0.1, 0.15) is 43.7 Å². The normalized spacial score (nSPS) is 15.1. The van der Waals surface area contributed by atoms with E-state index in [1.165, 1.54) is 6.92 Å². The lowest BCUT2D eigenvalue weighted by Gasteiger charge is -2.21. The van der Waals surface area contributed by atoms with E-state index in [0.29, 0.717) is 6.42 Å². The van der Waals surface area contributed by atoms with Crippen molar-refractivity contribution in [3.63, 3.8) is 0 Å². The van der Waals surface area contributed by atoms with Crippen molar-refractivity contribution in [1.82, 2.24) is 10.6 Å². The number of benzene rings is 2. The van der Waals surface area contributed by atoms with Crippen molar-refractivity contribution in [3.05, 3.63) is 59.7 Å². The van der Waals surface area contributed by atoms with E-state index >= 15 is 0 Å². The SMILES string of the molecule is CC[C@@H](CC(=O)N[C@H](C(=O)O)[C@@H](C)O)NC(=O)OCC1c2ccccc2-c2ccccc21. The minimum atomic E-state index is -1.41. The van der Waals surface area contributed by atoms with Gasteiger partial charge in [0.05, 0.1) is 6.10 Å². The average Bonchev–Trinajstić information content (AvgIpc) is 3.09. The van der Waals surface area contributed by atoms with E-state index in [1.807, 2.05) is 36.4 Å². The molecule has 8 heteroatoms. The summed E-state index contributed by atoms with van der Waals surface area (Å²) in [5, 5.41) is 23.5. The van der Waals surface area contributed by atoms with Crippen LogP contribution in [0.2, 0.25) is 0 Å². The summed E-state index contributed by atoms with van der Waals surface area (Å²) in [6, 6.07) is 14.1. The van der Waals surface area contributed by atoms with Gasteiger partial charge in [-0.05, 0) is 35.6 Å². The maximum absolute atomic E-state index is 12.4. The molecule has 170 valence electrons. The maximum atomic E-state index is 12.4. The summed E-state index contributed by atoms with van der Waals surface area (Å²) in [6.45, 7) is 3.24. The smallest absolute Gasteiger partial charge is 0.407 e. The van der Waals surface area contributed by atoms with Gasteiger partial charge < -0.3 is 25.6 Å². The lowest BCUT2D eigenvalue weighted by Crippen LogP contribution is -2.49. The summed E-state index contributed by atoms with van der Waals surface area (Å²) in [4.78, 5) is 35.7. The Kier molecular flexibility index (Phi) is 7.48. The van der Waals surface area contributed by atoms with E-state index in [0.717, 1.165) is 22.3 Å². The van der Waals surface area contributed by atoms with E-state index in [1.54, 1.807) is 6.92 Å². The first-order valence-corrected chi connectivity index (χ1v) is 10.6. The van der Waals surface area contributed by atoms with Crippen LogP contribution in [0.5, 0.6) is 0 Å². The summed E-state index contributed by atoms with van der Waals surface area (Å²) in [6.07, 6.45) is -1.57. The topological polar surface area (TPSA) is 125 Å². The number of carboxylic acid groups (broad SMARTS) is 1. The predicted molar refractivity (Wildman–Crippen MR) is 118 cm³/mol. The van der Waals surface area contributed by atoms with Gasteiger partial charge in [0, 0.05) is 18.4 Å². The standard InChI is InChI=1S/C24H28N2O6/c1-3-15(12-21(28)26-22(14(2)27)23(29)30)25-24(31)32-13-20-18-10-6-4-8-16(18)17-9-5-7-11-19(17)20/h4-11,14-15,20,22,27H,3,12-13H2,1-2H3,(H,25,31)(H,26,28)(H,29,30)/t14-,15+,22+/m1/s1. The molecule has 1 aliphatic carbocycles. The van der Waals surface area contributed by atoms with Gasteiger partial charge in [-0.15, -0.1) is 0 Å². The third-order valence-corrected chi connectivity index (χ3v) is 5.66. The number of ether oxygens (including phenoxy) is 1. The molecule has 2 amide bonds. The Morgan fingerprint density at radius 2 is 1.56 bits per heavy atom. The zero-order valence-corrected chi connectivity index (χ0v) is 18.1. The van der Waals surface area contributed by atoms with Crippen molar-refractivity contribution < 1.29 is 29.3 Å². The zero-order chi connectivity index (χ0) is 23.3. The molecule has 0 saturated carbocycles. The average molecular weight is 440 g/mol. The number of carboxylic acids is 1. The highest BCUT2D eigenvalue weighted by molar-refractivity contribution is 5.84. The van der Waals surface area contributed by atoms with Gasteiger partial charge in [0.25, 0.3) is 0 Å². The van der Waals surface area contributed by atoms with Crippen molar-refractivity contribution in [2.24, 2.45) is 0 Å². The molecule has 0 aromatic heterocycles. The van der Waals surface area contributed by atoms with Crippen LogP contribution in [0.4, 0.5) is 4.79 Å².